The first kappa shape index (κ1) is 21.9. The Morgan fingerprint density at radius 1 is 1.03 bits per heavy atom. The van der Waals surface area contributed by atoms with Crippen LogP contribution in [0.1, 0.15) is 48.5 Å². The van der Waals surface area contributed by atoms with E-state index < -0.39 is 6.04 Å². The molecule has 0 radical (unpaired) electrons. The van der Waals surface area contributed by atoms with Crippen LogP contribution in [0.15, 0.2) is 60.8 Å². The van der Waals surface area contributed by atoms with Crippen molar-refractivity contribution in [3.8, 4) is 0 Å². The van der Waals surface area contributed by atoms with Crippen LogP contribution in [0.5, 0.6) is 0 Å². The summed E-state index contributed by atoms with van der Waals surface area (Å²) >= 11 is 0. The van der Waals surface area contributed by atoms with Crippen molar-refractivity contribution < 1.29 is 14.0 Å². The second-order valence-corrected chi connectivity index (χ2v) is 8.72. The van der Waals surface area contributed by atoms with E-state index >= 15 is 0 Å². The summed E-state index contributed by atoms with van der Waals surface area (Å²) in [5.41, 5.74) is 2.37. The molecule has 5 nitrogen and oxygen atoms in total. The number of piperidine rings is 1. The Morgan fingerprint density at radius 2 is 1.72 bits per heavy atom. The highest BCUT2D eigenvalue weighted by atomic mass is 19.1. The largest absolute Gasteiger partial charge is 0.341 e. The Balaban J connectivity index is 1.44. The molecule has 2 heterocycles. The van der Waals surface area contributed by atoms with Gasteiger partial charge in [0.1, 0.15) is 11.9 Å². The highest BCUT2D eigenvalue weighted by molar-refractivity contribution is 6.07. The van der Waals surface area contributed by atoms with E-state index in [2.05, 4.69) is 10.3 Å². The molecule has 0 aliphatic carbocycles. The van der Waals surface area contributed by atoms with Crippen LogP contribution in [0.25, 0.3) is 10.9 Å². The molecule has 1 atom stereocenters. The van der Waals surface area contributed by atoms with E-state index in [0.29, 0.717) is 24.6 Å². The number of aromatic nitrogens is 1. The molecule has 3 aromatic rings. The summed E-state index contributed by atoms with van der Waals surface area (Å²) in [6.07, 6.45) is 3.26. The topological polar surface area (TPSA) is 62.3 Å². The van der Waals surface area contributed by atoms with Gasteiger partial charge in [0.15, 0.2) is 0 Å². The molecule has 0 spiro atoms. The summed E-state index contributed by atoms with van der Waals surface area (Å²) in [7, 11) is 0. The number of carbonyl (C=O) groups excluding carboxylic acids is 2. The van der Waals surface area contributed by atoms with Gasteiger partial charge < -0.3 is 10.2 Å². The van der Waals surface area contributed by atoms with Gasteiger partial charge in [-0.05, 0) is 54.5 Å². The Labute approximate surface area is 187 Å². The number of hydrogen-bond acceptors (Lipinski definition) is 3. The summed E-state index contributed by atoms with van der Waals surface area (Å²) in [5.74, 6) is -0.288. The fraction of sp³-hybridized carbons (Fsp3) is 0.346. The fourth-order valence-corrected chi connectivity index (χ4v) is 4.39. The molecule has 32 heavy (non-hydrogen) atoms. The molecule has 1 N–H and O–H groups in total. The number of nitrogens with one attached hydrogen (secondary N) is 1. The van der Waals surface area contributed by atoms with Gasteiger partial charge in [0.25, 0.3) is 5.91 Å². The van der Waals surface area contributed by atoms with Gasteiger partial charge in [-0.3, -0.25) is 14.6 Å². The summed E-state index contributed by atoms with van der Waals surface area (Å²) < 4.78 is 13.2. The normalized spacial score (nSPS) is 15.7. The number of carbonyl (C=O) groups is 2. The monoisotopic (exact) mass is 433 g/mol. The maximum Gasteiger partial charge on any atom is 0.252 e. The number of hydrogen-bond donors (Lipinski definition) is 1. The van der Waals surface area contributed by atoms with Crippen molar-refractivity contribution in [2.75, 3.05) is 13.1 Å². The number of nitrogens with zero attached hydrogens (tertiary/aromatic N) is 2. The number of fused-ring (bicyclic) bond motifs is 1. The third-order valence-corrected chi connectivity index (χ3v) is 6.26. The van der Waals surface area contributed by atoms with Crippen molar-refractivity contribution >= 4 is 22.7 Å². The standard InChI is InChI=1S/C26H28FN3O2/c1-17(2)24(29-25(31)22-11-14-28-23-6-4-3-5-21(22)23)26(32)30-15-12-19(13-16-30)18-7-9-20(27)10-8-18/h3-11,14,17,19,24H,12-13,15-16H2,1-2H3,(H,29,31)/t24-/m1/s1. The molecule has 2 aromatic carbocycles. The maximum atomic E-state index is 13.3. The molecule has 4 rings (SSSR count). The minimum Gasteiger partial charge on any atom is -0.341 e. The third-order valence-electron chi connectivity index (χ3n) is 6.26. The van der Waals surface area contributed by atoms with Crippen molar-refractivity contribution in [1.29, 1.82) is 0 Å². The molecule has 6 heteroatoms. The Hall–Kier alpha value is -3.28. The van der Waals surface area contributed by atoms with E-state index in [4.69, 9.17) is 0 Å². The minimum atomic E-state index is -0.600. The molecule has 2 amide bonds. The van der Waals surface area contributed by atoms with Crippen molar-refractivity contribution in [2.45, 2.75) is 38.6 Å². The summed E-state index contributed by atoms with van der Waals surface area (Å²) in [4.78, 5) is 32.5. The highest BCUT2D eigenvalue weighted by Gasteiger charge is 2.32. The van der Waals surface area contributed by atoms with Gasteiger partial charge >= 0.3 is 0 Å². The lowest BCUT2D eigenvalue weighted by atomic mass is 9.89. The van der Waals surface area contributed by atoms with Gasteiger partial charge in [0.2, 0.25) is 5.91 Å². The van der Waals surface area contributed by atoms with Gasteiger partial charge in [0, 0.05) is 24.7 Å². The lowest BCUT2D eigenvalue weighted by Gasteiger charge is -2.35. The smallest absolute Gasteiger partial charge is 0.252 e. The molecule has 0 unspecified atom stereocenters. The first-order valence-corrected chi connectivity index (χ1v) is 11.1. The van der Waals surface area contributed by atoms with Gasteiger partial charge in [-0.25, -0.2) is 4.39 Å². The Kier molecular flexibility index (Phi) is 6.49. The second-order valence-electron chi connectivity index (χ2n) is 8.72. The van der Waals surface area contributed by atoms with Gasteiger partial charge in [-0.2, -0.15) is 0 Å². The second kappa shape index (κ2) is 9.47. The zero-order chi connectivity index (χ0) is 22.7. The molecule has 0 bridgehead atoms. The zero-order valence-corrected chi connectivity index (χ0v) is 18.4. The number of likely N-dealkylation sites (tertiary alicyclic amines) is 1. The Morgan fingerprint density at radius 3 is 2.41 bits per heavy atom. The van der Waals surface area contributed by atoms with E-state index in [1.54, 1.807) is 12.3 Å². The lowest BCUT2D eigenvalue weighted by Crippen LogP contribution is -2.52. The predicted molar refractivity (Wildman–Crippen MR) is 123 cm³/mol. The van der Waals surface area contributed by atoms with Crippen LogP contribution in [-0.2, 0) is 4.79 Å². The van der Waals surface area contributed by atoms with Crippen molar-refractivity contribution in [3.05, 3.63) is 77.7 Å². The highest BCUT2D eigenvalue weighted by Crippen LogP contribution is 2.29. The molecule has 1 aromatic heterocycles. The molecular formula is C26H28FN3O2. The number of rotatable bonds is 5. The molecule has 1 aliphatic heterocycles. The number of amides is 2. The van der Waals surface area contributed by atoms with E-state index in [-0.39, 0.29) is 23.5 Å². The first-order chi connectivity index (χ1) is 15.4. The molecule has 1 aliphatic rings. The number of pyridine rings is 1. The summed E-state index contributed by atoms with van der Waals surface area (Å²) in [6.45, 7) is 5.13. The van der Waals surface area contributed by atoms with Gasteiger partial charge in [-0.15, -0.1) is 0 Å². The van der Waals surface area contributed by atoms with Crippen LogP contribution >= 0.6 is 0 Å². The number of halogens is 1. The van der Waals surface area contributed by atoms with Crippen LogP contribution < -0.4 is 5.32 Å². The minimum absolute atomic E-state index is 0.0469. The van der Waals surface area contributed by atoms with Crippen molar-refractivity contribution in [2.24, 2.45) is 5.92 Å². The quantitative estimate of drug-likeness (QED) is 0.643. The SMILES string of the molecule is CC(C)[C@@H](NC(=O)c1ccnc2ccccc12)C(=O)N1CCC(c2ccc(F)cc2)CC1. The van der Waals surface area contributed by atoms with Crippen molar-refractivity contribution in [1.82, 2.24) is 15.2 Å². The molecule has 1 saturated heterocycles. The van der Waals surface area contributed by atoms with E-state index in [0.717, 1.165) is 29.3 Å². The average Bonchev–Trinajstić information content (AvgIpc) is 2.82. The molecular weight excluding hydrogens is 405 g/mol. The lowest BCUT2D eigenvalue weighted by molar-refractivity contribution is -0.135. The zero-order valence-electron chi connectivity index (χ0n) is 18.4. The van der Waals surface area contributed by atoms with E-state index in [1.807, 2.05) is 55.1 Å². The maximum absolute atomic E-state index is 13.3. The summed E-state index contributed by atoms with van der Waals surface area (Å²) in [5, 5.41) is 3.74. The third kappa shape index (κ3) is 4.64. The number of para-hydroxylation sites is 1. The molecule has 0 saturated carbocycles. The van der Waals surface area contributed by atoms with Crippen molar-refractivity contribution in [3.63, 3.8) is 0 Å². The molecule has 166 valence electrons. The van der Waals surface area contributed by atoms with Crippen LogP contribution in [0.4, 0.5) is 4.39 Å². The number of benzene rings is 2. The average molecular weight is 434 g/mol. The summed E-state index contributed by atoms with van der Waals surface area (Å²) in [6, 6.07) is 15.2. The fourth-order valence-electron chi connectivity index (χ4n) is 4.39. The Bertz CT molecular complexity index is 1100. The first-order valence-electron chi connectivity index (χ1n) is 11.1. The predicted octanol–water partition coefficient (Wildman–Crippen LogP) is 4.53. The van der Waals surface area contributed by atoms with Gasteiger partial charge in [0.05, 0.1) is 11.1 Å². The van der Waals surface area contributed by atoms with Crippen LogP contribution in [0.2, 0.25) is 0 Å². The van der Waals surface area contributed by atoms with Crippen LogP contribution in [0.3, 0.4) is 0 Å². The van der Waals surface area contributed by atoms with E-state index in [1.165, 1.54) is 12.1 Å². The molecule has 1 fully saturated rings. The van der Waals surface area contributed by atoms with Crippen LogP contribution in [-0.4, -0.2) is 40.8 Å². The van der Waals surface area contributed by atoms with E-state index in [9.17, 15) is 14.0 Å². The van der Waals surface area contributed by atoms with Crippen LogP contribution in [0, 0.1) is 11.7 Å². The van der Waals surface area contributed by atoms with Gasteiger partial charge in [-0.1, -0.05) is 44.2 Å².